The number of anilines is 1. The summed E-state index contributed by atoms with van der Waals surface area (Å²) in [6.45, 7) is 3.32. The van der Waals surface area contributed by atoms with Crippen LogP contribution in [0, 0.1) is 0 Å². The summed E-state index contributed by atoms with van der Waals surface area (Å²) in [6.07, 6.45) is 9.06. The van der Waals surface area contributed by atoms with Gasteiger partial charge in [0.1, 0.15) is 0 Å². The van der Waals surface area contributed by atoms with Crippen LogP contribution in [-0.4, -0.2) is 28.6 Å². The second kappa shape index (κ2) is 5.56. The van der Waals surface area contributed by atoms with Gasteiger partial charge in [0.2, 0.25) is 0 Å². The number of carboxylic acid groups (broad SMARTS) is 1. The fourth-order valence-corrected chi connectivity index (χ4v) is 3.93. The monoisotopic (exact) mass is 292 g/mol. The highest BCUT2D eigenvalue weighted by molar-refractivity contribution is 7.16. The molecule has 5 heteroatoms. The largest absolute Gasteiger partial charge is 0.478 e. The zero-order chi connectivity index (χ0) is 14.1. The summed E-state index contributed by atoms with van der Waals surface area (Å²) in [7, 11) is 0. The minimum absolute atomic E-state index is 0.540. The number of carbonyl (C=O) groups is 1. The summed E-state index contributed by atoms with van der Waals surface area (Å²) in [6, 6.07) is 0.540. The topological polar surface area (TPSA) is 53.4 Å². The quantitative estimate of drug-likeness (QED) is 0.863. The lowest BCUT2D eigenvalue weighted by Crippen LogP contribution is -2.37. The lowest BCUT2D eigenvalue weighted by molar-refractivity contribution is -0.131. The van der Waals surface area contributed by atoms with Crippen LogP contribution in [0.5, 0.6) is 0 Å². The lowest BCUT2D eigenvalue weighted by Gasteiger charge is -2.33. The minimum atomic E-state index is -0.895. The van der Waals surface area contributed by atoms with E-state index in [1.165, 1.54) is 38.2 Å². The summed E-state index contributed by atoms with van der Waals surface area (Å²) in [5.74, 6) is -0.346. The molecule has 1 saturated heterocycles. The molecule has 0 aromatic carbocycles. The molecule has 1 aliphatic heterocycles. The van der Waals surface area contributed by atoms with Gasteiger partial charge >= 0.3 is 5.97 Å². The maximum absolute atomic E-state index is 10.7. The highest BCUT2D eigenvalue weighted by Gasteiger charge is 2.31. The van der Waals surface area contributed by atoms with Crippen molar-refractivity contribution in [3.05, 3.63) is 16.6 Å². The molecular formula is C15H20N2O2S. The number of nitrogens with zero attached hydrogens (tertiary/aromatic N) is 2. The fraction of sp³-hybridized carbons (Fsp3) is 0.600. The van der Waals surface area contributed by atoms with E-state index in [1.54, 1.807) is 17.4 Å². The van der Waals surface area contributed by atoms with Gasteiger partial charge in [0.15, 0.2) is 5.13 Å². The van der Waals surface area contributed by atoms with Gasteiger partial charge in [0, 0.05) is 24.6 Å². The fourth-order valence-electron chi connectivity index (χ4n) is 2.75. The standard InChI is InChI=1S/C15H20N2O2S/c1-10-4-2-3-9-17(10)15-16-14(11-5-6-11)12(20-15)7-8-13(18)19/h7-8,10-11H,2-6,9H2,1H3,(H,18,19)/b8-7+. The van der Waals surface area contributed by atoms with E-state index in [-0.39, 0.29) is 0 Å². The van der Waals surface area contributed by atoms with Crippen LogP contribution in [0.4, 0.5) is 5.13 Å². The molecule has 1 aromatic heterocycles. The Balaban J connectivity index is 1.88. The van der Waals surface area contributed by atoms with E-state index >= 15 is 0 Å². The zero-order valence-electron chi connectivity index (χ0n) is 11.7. The zero-order valence-corrected chi connectivity index (χ0v) is 12.5. The summed E-state index contributed by atoms with van der Waals surface area (Å²) in [5, 5.41) is 9.88. The van der Waals surface area contributed by atoms with Gasteiger partial charge in [0.05, 0.1) is 10.6 Å². The molecule has 1 aromatic rings. The third-order valence-electron chi connectivity index (χ3n) is 4.06. The van der Waals surface area contributed by atoms with Gasteiger partial charge in [-0.1, -0.05) is 11.3 Å². The van der Waals surface area contributed by atoms with Crippen molar-refractivity contribution in [3.8, 4) is 0 Å². The first-order valence-electron chi connectivity index (χ1n) is 7.33. The number of thiazole rings is 1. The second-order valence-electron chi connectivity index (χ2n) is 5.73. The Morgan fingerprint density at radius 2 is 2.20 bits per heavy atom. The molecule has 0 radical (unpaired) electrons. The molecule has 3 rings (SSSR count). The Hall–Kier alpha value is -1.36. The van der Waals surface area contributed by atoms with Crippen LogP contribution in [0.2, 0.25) is 0 Å². The molecule has 0 amide bonds. The molecule has 1 saturated carbocycles. The van der Waals surface area contributed by atoms with E-state index in [4.69, 9.17) is 10.1 Å². The molecule has 4 nitrogen and oxygen atoms in total. The Labute approximate surface area is 123 Å². The average molecular weight is 292 g/mol. The normalized spacial score (nSPS) is 23.4. The van der Waals surface area contributed by atoms with Crippen LogP contribution in [0.15, 0.2) is 6.08 Å². The van der Waals surface area contributed by atoms with Crippen molar-refractivity contribution < 1.29 is 9.90 Å². The number of aliphatic carboxylic acids is 1. The van der Waals surface area contributed by atoms with E-state index in [9.17, 15) is 4.79 Å². The molecule has 2 aliphatic rings. The third-order valence-corrected chi connectivity index (χ3v) is 5.13. The second-order valence-corrected chi connectivity index (χ2v) is 6.74. The van der Waals surface area contributed by atoms with E-state index in [0.29, 0.717) is 12.0 Å². The molecule has 2 fully saturated rings. The number of hydrogen-bond acceptors (Lipinski definition) is 4. The molecule has 1 aliphatic carbocycles. The summed E-state index contributed by atoms with van der Waals surface area (Å²) in [5.41, 5.74) is 1.11. The smallest absolute Gasteiger partial charge is 0.328 e. The van der Waals surface area contributed by atoms with Crippen LogP contribution < -0.4 is 4.90 Å². The lowest BCUT2D eigenvalue weighted by atomic mass is 10.0. The number of carboxylic acids is 1. The number of aromatic nitrogens is 1. The van der Waals surface area contributed by atoms with Crippen LogP contribution in [0.25, 0.3) is 6.08 Å². The molecule has 20 heavy (non-hydrogen) atoms. The predicted molar refractivity (Wildman–Crippen MR) is 81.4 cm³/mol. The summed E-state index contributed by atoms with van der Waals surface area (Å²) < 4.78 is 0. The number of piperidine rings is 1. The Morgan fingerprint density at radius 3 is 2.85 bits per heavy atom. The molecule has 0 bridgehead atoms. The Bertz CT molecular complexity index is 534. The van der Waals surface area contributed by atoms with Gasteiger partial charge in [-0.05, 0) is 45.1 Å². The molecule has 0 spiro atoms. The van der Waals surface area contributed by atoms with E-state index in [0.717, 1.165) is 22.2 Å². The van der Waals surface area contributed by atoms with Gasteiger partial charge in [-0.25, -0.2) is 9.78 Å². The average Bonchev–Trinajstić information content (AvgIpc) is 3.18. The van der Waals surface area contributed by atoms with Crippen LogP contribution in [0.1, 0.15) is 55.5 Å². The first kappa shape index (κ1) is 13.6. The first-order chi connectivity index (χ1) is 9.65. The van der Waals surface area contributed by atoms with Gasteiger partial charge < -0.3 is 10.0 Å². The van der Waals surface area contributed by atoms with Gasteiger partial charge in [0.25, 0.3) is 0 Å². The Morgan fingerprint density at radius 1 is 1.40 bits per heavy atom. The highest BCUT2D eigenvalue weighted by atomic mass is 32.1. The molecule has 1 N–H and O–H groups in total. The predicted octanol–water partition coefficient (Wildman–Crippen LogP) is 3.50. The Kier molecular flexibility index (Phi) is 3.78. The maximum Gasteiger partial charge on any atom is 0.328 e. The molecule has 1 unspecified atom stereocenters. The van der Waals surface area contributed by atoms with Crippen LogP contribution >= 0.6 is 11.3 Å². The van der Waals surface area contributed by atoms with Crippen molar-refractivity contribution in [1.82, 2.24) is 4.98 Å². The van der Waals surface area contributed by atoms with Crippen LogP contribution in [-0.2, 0) is 4.79 Å². The highest BCUT2D eigenvalue weighted by Crippen LogP contribution is 2.45. The van der Waals surface area contributed by atoms with Crippen molar-refractivity contribution in [2.75, 3.05) is 11.4 Å². The van der Waals surface area contributed by atoms with Crippen molar-refractivity contribution in [3.63, 3.8) is 0 Å². The van der Waals surface area contributed by atoms with Gasteiger partial charge in [-0.15, -0.1) is 0 Å². The summed E-state index contributed by atoms with van der Waals surface area (Å²) >= 11 is 1.64. The SMILES string of the molecule is CC1CCCCN1c1nc(C2CC2)c(/C=C/C(=O)O)s1. The van der Waals surface area contributed by atoms with Crippen molar-refractivity contribution in [2.24, 2.45) is 0 Å². The van der Waals surface area contributed by atoms with Gasteiger partial charge in [-0.3, -0.25) is 0 Å². The summed E-state index contributed by atoms with van der Waals surface area (Å²) in [4.78, 5) is 19.0. The number of rotatable bonds is 4. The van der Waals surface area contributed by atoms with Crippen molar-refractivity contribution in [2.45, 2.75) is 51.0 Å². The molecular weight excluding hydrogens is 272 g/mol. The van der Waals surface area contributed by atoms with Crippen molar-refractivity contribution >= 4 is 28.5 Å². The molecule has 1 atom stereocenters. The maximum atomic E-state index is 10.7. The van der Waals surface area contributed by atoms with Crippen LogP contribution in [0.3, 0.4) is 0 Å². The van der Waals surface area contributed by atoms with E-state index < -0.39 is 5.97 Å². The van der Waals surface area contributed by atoms with Crippen molar-refractivity contribution in [1.29, 1.82) is 0 Å². The van der Waals surface area contributed by atoms with E-state index in [2.05, 4.69) is 11.8 Å². The first-order valence-corrected chi connectivity index (χ1v) is 8.15. The minimum Gasteiger partial charge on any atom is -0.478 e. The molecule has 2 heterocycles. The third kappa shape index (κ3) is 2.87. The van der Waals surface area contributed by atoms with Gasteiger partial charge in [-0.2, -0.15) is 0 Å². The molecule has 108 valence electrons. The number of hydrogen-bond donors (Lipinski definition) is 1. The van der Waals surface area contributed by atoms with E-state index in [1.807, 2.05) is 0 Å².